The third kappa shape index (κ3) is 4.24. The summed E-state index contributed by atoms with van der Waals surface area (Å²) >= 11 is 0. The first-order valence-corrected chi connectivity index (χ1v) is 10.9. The number of aromatic nitrogens is 1. The Morgan fingerprint density at radius 3 is 2.55 bits per heavy atom. The predicted molar refractivity (Wildman–Crippen MR) is 123 cm³/mol. The van der Waals surface area contributed by atoms with E-state index in [1.807, 2.05) is 35.2 Å². The van der Waals surface area contributed by atoms with Gasteiger partial charge >= 0.3 is 6.03 Å². The van der Waals surface area contributed by atoms with Crippen molar-refractivity contribution in [1.29, 1.82) is 0 Å². The molecule has 0 unspecified atom stereocenters. The van der Waals surface area contributed by atoms with Crippen LogP contribution in [0, 0.1) is 12.8 Å². The molecule has 2 aliphatic rings. The first-order valence-electron chi connectivity index (χ1n) is 10.9. The van der Waals surface area contributed by atoms with Gasteiger partial charge in [-0.1, -0.05) is 18.2 Å². The maximum atomic E-state index is 12.5. The number of anilines is 2. The van der Waals surface area contributed by atoms with Crippen LogP contribution in [0.15, 0.2) is 48.7 Å². The zero-order chi connectivity index (χ0) is 21.4. The topological polar surface area (TPSA) is 74.3 Å². The Bertz CT molecular complexity index is 1160. The SMILES string of the molecule is Cc1ccc(NC(=O)N2CCCC2)cc1-c1ccc2cc(NC(=O)C3CC3)ncc2c1. The standard InChI is InChI=1S/C25H26N4O2/c1-16-4-9-21(27-25(31)29-10-2-3-11-29)14-22(16)19-8-7-18-13-23(26-15-20(18)12-19)28-24(30)17-5-6-17/h4,7-9,12-15,17H,2-3,5-6,10-11H2,1H3,(H,27,31)(H,26,28,30). The first kappa shape index (κ1) is 19.5. The molecule has 1 aliphatic heterocycles. The minimum absolute atomic E-state index is 0.0317. The smallest absolute Gasteiger partial charge is 0.321 e. The molecule has 0 spiro atoms. The Morgan fingerprint density at radius 1 is 0.968 bits per heavy atom. The fraction of sp³-hybridized carbons (Fsp3) is 0.320. The molecule has 1 aliphatic carbocycles. The lowest BCUT2D eigenvalue weighted by atomic mass is 9.98. The van der Waals surface area contributed by atoms with Crippen LogP contribution in [0.4, 0.5) is 16.3 Å². The molecule has 31 heavy (non-hydrogen) atoms. The average molecular weight is 415 g/mol. The van der Waals surface area contributed by atoms with Gasteiger partial charge in [-0.25, -0.2) is 9.78 Å². The van der Waals surface area contributed by atoms with E-state index in [9.17, 15) is 9.59 Å². The number of nitrogens with zero attached hydrogens (tertiary/aromatic N) is 2. The van der Waals surface area contributed by atoms with Gasteiger partial charge in [0, 0.05) is 36.3 Å². The Hall–Kier alpha value is -3.41. The van der Waals surface area contributed by atoms with Crippen molar-refractivity contribution >= 4 is 34.2 Å². The number of pyridine rings is 1. The number of fused-ring (bicyclic) bond motifs is 1. The van der Waals surface area contributed by atoms with E-state index in [4.69, 9.17) is 0 Å². The van der Waals surface area contributed by atoms with Gasteiger partial charge in [0.25, 0.3) is 0 Å². The highest BCUT2D eigenvalue weighted by Crippen LogP contribution is 2.32. The number of benzene rings is 2. The van der Waals surface area contributed by atoms with Gasteiger partial charge in [0.2, 0.25) is 5.91 Å². The number of carbonyl (C=O) groups is 2. The maximum absolute atomic E-state index is 12.5. The van der Waals surface area contributed by atoms with Crippen LogP contribution >= 0.6 is 0 Å². The fourth-order valence-corrected chi connectivity index (χ4v) is 4.08. The lowest BCUT2D eigenvalue weighted by molar-refractivity contribution is -0.117. The molecule has 1 saturated heterocycles. The molecule has 6 heteroatoms. The van der Waals surface area contributed by atoms with Crippen LogP contribution in [0.1, 0.15) is 31.2 Å². The van der Waals surface area contributed by atoms with Gasteiger partial charge in [-0.15, -0.1) is 0 Å². The van der Waals surface area contributed by atoms with Gasteiger partial charge in [-0.2, -0.15) is 0 Å². The molecule has 3 aromatic rings. The van der Waals surface area contributed by atoms with Crippen LogP contribution in [0.25, 0.3) is 21.9 Å². The number of likely N-dealkylation sites (tertiary alicyclic amines) is 1. The molecular weight excluding hydrogens is 388 g/mol. The molecule has 2 fully saturated rings. The van der Waals surface area contributed by atoms with Crippen LogP contribution in [-0.2, 0) is 4.79 Å². The summed E-state index contributed by atoms with van der Waals surface area (Å²) < 4.78 is 0. The minimum atomic E-state index is -0.0317. The first-order chi connectivity index (χ1) is 15.1. The largest absolute Gasteiger partial charge is 0.325 e. The van der Waals surface area contributed by atoms with E-state index in [1.165, 1.54) is 0 Å². The number of aryl methyl sites for hydroxylation is 1. The van der Waals surface area contributed by atoms with E-state index in [2.05, 4.69) is 34.7 Å². The highest BCUT2D eigenvalue weighted by molar-refractivity contribution is 5.96. The Kier molecular flexibility index (Phi) is 5.06. The van der Waals surface area contributed by atoms with Gasteiger partial charge in [0.15, 0.2) is 0 Å². The maximum Gasteiger partial charge on any atom is 0.321 e. The molecule has 0 radical (unpaired) electrons. The van der Waals surface area contributed by atoms with E-state index in [-0.39, 0.29) is 17.9 Å². The number of amides is 3. The van der Waals surface area contributed by atoms with Gasteiger partial charge in [0.1, 0.15) is 5.82 Å². The summed E-state index contributed by atoms with van der Waals surface area (Å²) in [7, 11) is 0. The second kappa shape index (κ2) is 8.02. The summed E-state index contributed by atoms with van der Waals surface area (Å²) in [4.78, 5) is 30.7. The number of nitrogens with one attached hydrogen (secondary N) is 2. The summed E-state index contributed by atoms with van der Waals surface area (Å²) in [6.45, 7) is 3.72. The van der Waals surface area contributed by atoms with Crippen molar-refractivity contribution in [2.24, 2.45) is 5.92 Å². The monoisotopic (exact) mass is 414 g/mol. The second-order valence-electron chi connectivity index (χ2n) is 8.55. The van der Waals surface area contributed by atoms with Crippen molar-refractivity contribution < 1.29 is 9.59 Å². The van der Waals surface area contributed by atoms with Crippen molar-refractivity contribution in [3.05, 3.63) is 54.2 Å². The summed E-state index contributed by atoms with van der Waals surface area (Å²) in [6, 6.07) is 14.1. The molecule has 6 nitrogen and oxygen atoms in total. The second-order valence-corrected chi connectivity index (χ2v) is 8.55. The zero-order valence-electron chi connectivity index (χ0n) is 17.6. The van der Waals surface area contributed by atoms with Gasteiger partial charge in [0.05, 0.1) is 0 Å². The van der Waals surface area contributed by atoms with E-state index in [1.54, 1.807) is 6.20 Å². The molecule has 2 aromatic carbocycles. The Morgan fingerprint density at radius 2 is 1.77 bits per heavy atom. The van der Waals surface area contributed by atoms with Crippen LogP contribution in [0.2, 0.25) is 0 Å². The normalized spacial score (nSPS) is 15.8. The lowest BCUT2D eigenvalue weighted by Crippen LogP contribution is -2.32. The number of urea groups is 1. The molecular formula is C25H26N4O2. The molecule has 3 amide bonds. The number of hydrogen-bond donors (Lipinski definition) is 2. The quantitative estimate of drug-likeness (QED) is 0.617. The van der Waals surface area contributed by atoms with Crippen molar-refractivity contribution in [1.82, 2.24) is 9.88 Å². The van der Waals surface area contributed by atoms with Gasteiger partial charge in [-0.3, -0.25) is 4.79 Å². The molecule has 2 N–H and O–H groups in total. The molecule has 2 heterocycles. The Balaban J connectivity index is 1.38. The molecule has 0 bridgehead atoms. The summed E-state index contributed by atoms with van der Waals surface area (Å²) in [6.07, 6.45) is 5.89. The third-order valence-corrected chi connectivity index (χ3v) is 6.11. The van der Waals surface area contributed by atoms with Crippen molar-refractivity contribution in [3.8, 4) is 11.1 Å². The zero-order valence-corrected chi connectivity index (χ0v) is 17.6. The van der Waals surface area contributed by atoms with E-state index >= 15 is 0 Å². The average Bonchev–Trinajstić information content (AvgIpc) is 3.48. The molecule has 1 saturated carbocycles. The van der Waals surface area contributed by atoms with Crippen molar-refractivity contribution in [2.45, 2.75) is 32.6 Å². The summed E-state index contributed by atoms with van der Waals surface area (Å²) in [5.41, 5.74) is 4.08. The molecule has 5 rings (SSSR count). The number of hydrogen-bond acceptors (Lipinski definition) is 3. The van der Waals surface area contributed by atoms with Gasteiger partial charge < -0.3 is 15.5 Å². The van der Waals surface area contributed by atoms with Crippen LogP contribution in [0.5, 0.6) is 0 Å². The summed E-state index contributed by atoms with van der Waals surface area (Å²) in [5, 5.41) is 7.97. The Labute approximate surface area is 181 Å². The lowest BCUT2D eigenvalue weighted by Gasteiger charge is -2.17. The highest BCUT2D eigenvalue weighted by atomic mass is 16.2. The molecule has 158 valence electrons. The third-order valence-electron chi connectivity index (χ3n) is 6.11. The fourth-order valence-electron chi connectivity index (χ4n) is 4.08. The number of rotatable bonds is 4. The van der Waals surface area contributed by atoms with Crippen molar-refractivity contribution in [3.63, 3.8) is 0 Å². The molecule has 1 aromatic heterocycles. The highest BCUT2D eigenvalue weighted by Gasteiger charge is 2.29. The summed E-state index contributed by atoms with van der Waals surface area (Å²) in [5.74, 6) is 0.813. The van der Waals surface area contributed by atoms with E-state index in [0.717, 1.165) is 71.9 Å². The number of carbonyl (C=O) groups excluding carboxylic acids is 2. The van der Waals surface area contributed by atoms with Crippen LogP contribution < -0.4 is 10.6 Å². The van der Waals surface area contributed by atoms with E-state index in [0.29, 0.717) is 5.82 Å². The van der Waals surface area contributed by atoms with Gasteiger partial charge in [-0.05, 0) is 78.9 Å². The van der Waals surface area contributed by atoms with E-state index < -0.39 is 0 Å². The minimum Gasteiger partial charge on any atom is -0.325 e. The molecule has 0 atom stereocenters. The predicted octanol–water partition coefficient (Wildman–Crippen LogP) is 5.19. The van der Waals surface area contributed by atoms with Crippen molar-refractivity contribution in [2.75, 3.05) is 23.7 Å². The van der Waals surface area contributed by atoms with Crippen LogP contribution in [-0.4, -0.2) is 34.9 Å². The van der Waals surface area contributed by atoms with Crippen LogP contribution in [0.3, 0.4) is 0 Å².